The molecule has 1 saturated heterocycles. The van der Waals surface area contributed by atoms with Crippen LogP contribution in [0.5, 0.6) is 0 Å². The molecule has 1 heterocycles. The molecule has 0 aromatic carbocycles. The van der Waals surface area contributed by atoms with Crippen molar-refractivity contribution in [3.63, 3.8) is 0 Å². The Morgan fingerprint density at radius 3 is 2.39 bits per heavy atom. The molecule has 0 amide bonds. The normalized spacial score (nSPS) is 22.3. The molecular formula is C15H30BrNO. The monoisotopic (exact) mass is 319 g/mol. The quantitative estimate of drug-likeness (QED) is 0.625. The van der Waals surface area contributed by atoms with E-state index in [1.54, 1.807) is 0 Å². The Kier molecular flexibility index (Phi) is 7.81. The van der Waals surface area contributed by atoms with E-state index in [1.165, 1.54) is 32.2 Å². The zero-order valence-corrected chi connectivity index (χ0v) is 14.0. The molecule has 2 nitrogen and oxygen atoms in total. The predicted octanol–water partition coefficient (Wildman–Crippen LogP) is 4.08. The van der Waals surface area contributed by atoms with Gasteiger partial charge in [0.15, 0.2) is 0 Å². The minimum atomic E-state index is 0.454. The molecule has 0 aromatic rings. The summed E-state index contributed by atoms with van der Waals surface area (Å²) >= 11 is 3.78. The van der Waals surface area contributed by atoms with E-state index in [2.05, 4.69) is 41.6 Å². The van der Waals surface area contributed by atoms with Crippen LogP contribution >= 0.6 is 15.9 Å². The van der Waals surface area contributed by atoms with E-state index < -0.39 is 0 Å². The Morgan fingerprint density at radius 2 is 1.89 bits per heavy atom. The first-order chi connectivity index (χ1) is 8.69. The van der Waals surface area contributed by atoms with Gasteiger partial charge in [0.1, 0.15) is 0 Å². The Bertz CT molecular complexity index is 217. The van der Waals surface area contributed by atoms with Crippen molar-refractivity contribution in [1.82, 2.24) is 4.90 Å². The molecule has 0 radical (unpaired) electrons. The summed E-state index contributed by atoms with van der Waals surface area (Å²) in [7, 11) is 0. The summed E-state index contributed by atoms with van der Waals surface area (Å²) in [5.74, 6) is 0. The fourth-order valence-corrected chi connectivity index (χ4v) is 3.90. The average Bonchev–Trinajstić information content (AvgIpc) is 2.39. The lowest BCUT2D eigenvalue weighted by Crippen LogP contribution is -2.47. The summed E-state index contributed by atoms with van der Waals surface area (Å²) in [6.45, 7) is 11.2. The molecule has 0 aromatic heterocycles. The second-order valence-corrected chi connectivity index (χ2v) is 6.33. The van der Waals surface area contributed by atoms with Gasteiger partial charge < -0.3 is 4.74 Å². The standard InChI is InChI=1S/C15H30BrNO/c1-4-7-15(12-16,8-5-2)13-17-9-10-18-14(6-3)11-17/h14H,4-13H2,1-3H3. The molecule has 0 bridgehead atoms. The third kappa shape index (κ3) is 4.82. The Hall–Kier alpha value is 0.400. The second kappa shape index (κ2) is 8.55. The Morgan fingerprint density at radius 1 is 1.22 bits per heavy atom. The number of halogens is 1. The van der Waals surface area contributed by atoms with E-state index in [9.17, 15) is 0 Å². The van der Waals surface area contributed by atoms with E-state index in [0.717, 1.165) is 31.4 Å². The average molecular weight is 320 g/mol. The summed E-state index contributed by atoms with van der Waals surface area (Å²) in [5, 5.41) is 1.13. The van der Waals surface area contributed by atoms with E-state index >= 15 is 0 Å². The highest BCUT2D eigenvalue weighted by Gasteiger charge is 2.31. The number of ether oxygens (including phenoxy) is 1. The maximum Gasteiger partial charge on any atom is 0.0700 e. The summed E-state index contributed by atoms with van der Waals surface area (Å²) in [4.78, 5) is 2.63. The van der Waals surface area contributed by atoms with E-state index in [1.807, 2.05) is 0 Å². The molecule has 1 aliphatic heterocycles. The van der Waals surface area contributed by atoms with Crippen LogP contribution in [0.3, 0.4) is 0 Å². The van der Waals surface area contributed by atoms with Gasteiger partial charge in [-0.25, -0.2) is 0 Å². The molecule has 1 fully saturated rings. The lowest BCUT2D eigenvalue weighted by Gasteiger charge is -2.40. The Labute approximate surface area is 122 Å². The summed E-state index contributed by atoms with van der Waals surface area (Å²) in [5.41, 5.74) is 0.471. The SMILES string of the molecule is CCCC(CBr)(CCC)CN1CCOC(CC)C1. The van der Waals surface area contributed by atoms with Crippen LogP contribution in [0.15, 0.2) is 0 Å². The summed E-state index contributed by atoms with van der Waals surface area (Å²) < 4.78 is 5.77. The van der Waals surface area contributed by atoms with Crippen molar-refractivity contribution in [3.05, 3.63) is 0 Å². The van der Waals surface area contributed by atoms with E-state index in [-0.39, 0.29) is 0 Å². The van der Waals surface area contributed by atoms with Gasteiger partial charge >= 0.3 is 0 Å². The lowest BCUT2D eigenvalue weighted by atomic mass is 9.80. The molecule has 1 atom stereocenters. The van der Waals surface area contributed by atoms with Gasteiger partial charge in [0.2, 0.25) is 0 Å². The maximum atomic E-state index is 5.77. The minimum Gasteiger partial charge on any atom is -0.376 e. The lowest BCUT2D eigenvalue weighted by molar-refractivity contribution is -0.0420. The zero-order chi connectivity index (χ0) is 13.4. The third-order valence-electron chi connectivity index (χ3n) is 4.08. The summed E-state index contributed by atoms with van der Waals surface area (Å²) in [6, 6.07) is 0. The fourth-order valence-electron chi connectivity index (χ4n) is 3.17. The highest BCUT2D eigenvalue weighted by atomic mass is 79.9. The molecule has 1 rings (SSSR count). The first kappa shape index (κ1) is 16.5. The van der Waals surface area contributed by atoms with Crippen molar-refractivity contribution in [1.29, 1.82) is 0 Å². The number of morpholine rings is 1. The molecular weight excluding hydrogens is 290 g/mol. The van der Waals surface area contributed by atoms with Crippen LogP contribution < -0.4 is 0 Å². The van der Waals surface area contributed by atoms with Crippen LogP contribution in [0.25, 0.3) is 0 Å². The van der Waals surface area contributed by atoms with Gasteiger partial charge in [-0.2, -0.15) is 0 Å². The second-order valence-electron chi connectivity index (χ2n) is 5.77. The van der Waals surface area contributed by atoms with Gasteiger partial charge in [-0.3, -0.25) is 4.90 Å². The Balaban J connectivity index is 2.58. The number of nitrogens with zero attached hydrogens (tertiary/aromatic N) is 1. The van der Waals surface area contributed by atoms with Gasteiger partial charge in [0.25, 0.3) is 0 Å². The van der Waals surface area contributed by atoms with Crippen LogP contribution in [-0.4, -0.2) is 42.6 Å². The van der Waals surface area contributed by atoms with Crippen LogP contribution in [0.4, 0.5) is 0 Å². The highest BCUT2D eigenvalue weighted by Crippen LogP contribution is 2.33. The molecule has 1 aliphatic rings. The molecule has 18 heavy (non-hydrogen) atoms. The van der Waals surface area contributed by atoms with Crippen LogP contribution in [-0.2, 0) is 4.74 Å². The predicted molar refractivity (Wildman–Crippen MR) is 82.5 cm³/mol. The molecule has 0 spiro atoms. The number of rotatable bonds is 8. The third-order valence-corrected chi connectivity index (χ3v) is 5.27. The van der Waals surface area contributed by atoms with Gasteiger partial charge in [-0.05, 0) is 24.7 Å². The first-order valence-corrected chi connectivity index (χ1v) is 8.71. The molecule has 3 heteroatoms. The van der Waals surface area contributed by atoms with Crippen molar-refractivity contribution in [3.8, 4) is 0 Å². The molecule has 1 unspecified atom stereocenters. The van der Waals surface area contributed by atoms with E-state index in [4.69, 9.17) is 4.74 Å². The number of hydrogen-bond donors (Lipinski definition) is 0. The van der Waals surface area contributed by atoms with Gasteiger partial charge in [-0.1, -0.05) is 49.5 Å². The van der Waals surface area contributed by atoms with Crippen molar-refractivity contribution in [2.24, 2.45) is 5.41 Å². The highest BCUT2D eigenvalue weighted by molar-refractivity contribution is 9.09. The van der Waals surface area contributed by atoms with Crippen LogP contribution in [0.2, 0.25) is 0 Å². The fraction of sp³-hybridized carbons (Fsp3) is 1.00. The van der Waals surface area contributed by atoms with Crippen molar-refractivity contribution in [2.45, 2.75) is 59.0 Å². The van der Waals surface area contributed by atoms with Crippen molar-refractivity contribution < 1.29 is 4.74 Å². The molecule has 108 valence electrons. The molecule has 0 aliphatic carbocycles. The largest absolute Gasteiger partial charge is 0.376 e. The molecule has 0 N–H and O–H groups in total. The van der Waals surface area contributed by atoms with Gasteiger partial charge in [0.05, 0.1) is 12.7 Å². The maximum absolute atomic E-state index is 5.77. The topological polar surface area (TPSA) is 12.5 Å². The van der Waals surface area contributed by atoms with Gasteiger partial charge in [0, 0.05) is 25.0 Å². The first-order valence-electron chi connectivity index (χ1n) is 7.59. The number of alkyl halides is 1. The van der Waals surface area contributed by atoms with Crippen molar-refractivity contribution in [2.75, 3.05) is 31.6 Å². The minimum absolute atomic E-state index is 0.454. The number of hydrogen-bond acceptors (Lipinski definition) is 2. The molecule has 0 saturated carbocycles. The smallest absolute Gasteiger partial charge is 0.0700 e. The van der Waals surface area contributed by atoms with Crippen molar-refractivity contribution >= 4 is 15.9 Å². The van der Waals surface area contributed by atoms with Crippen LogP contribution in [0, 0.1) is 5.41 Å². The zero-order valence-electron chi connectivity index (χ0n) is 12.4. The van der Waals surface area contributed by atoms with Crippen LogP contribution in [0.1, 0.15) is 52.9 Å². The van der Waals surface area contributed by atoms with E-state index in [0.29, 0.717) is 11.5 Å². The van der Waals surface area contributed by atoms with Gasteiger partial charge in [-0.15, -0.1) is 0 Å². The summed E-state index contributed by atoms with van der Waals surface area (Å²) in [6.07, 6.45) is 6.83.